The Morgan fingerprint density at radius 2 is 1.89 bits per heavy atom. The van der Waals surface area contributed by atoms with E-state index < -0.39 is 0 Å². The Bertz CT molecular complexity index is 342. The molecule has 2 rings (SSSR count). The number of benzene rings is 1. The van der Waals surface area contributed by atoms with Gasteiger partial charge >= 0.3 is 0 Å². The van der Waals surface area contributed by atoms with Gasteiger partial charge in [-0.15, -0.1) is 0 Å². The topological polar surface area (TPSA) is 15.3 Å². The highest BCUT2D eigenvalue weighted by molar-refractivity contribution is 5.15. The lowest BCUT2D eigenvalue weighted by Gasteiger charge is -2.28. The molecule has 3 heteroatoms. The Labute approximate surface area is 109 Å². The van der Waals surface area contributed by atoms with Crippen molar-refractivity contribution in [3.8, 4) is 0 Å². The van der Waals surface area contributed by atoms with Crippen LogP contribution in [0.3, 0.4) is 0 Å². The molecule has 0 unspecified atom stereocenters. The van der Waals surface area contributed by atoms with E-state index in [1.54, 1.807) is 0 Å². The van der Waals surface area contributed by atoms with Gasteiger partial charge in [0.05, 0.1) is 0 Å². The number of rotatable bonds is 5. The van der Waals surface area contributed by atoms with Crippen molar-refractivity contribution < 1.29 is 4.39 Å². The SMILES string of the molecule is CN1CCC(CCNCc2ccc(F)cc2)CC1. The van der Waals surface area contributed by atoms with Crippen LogP contribution in [-0.4, -0.2) is 31.6 Å². The minimum Gasteiger partial charge on any atom is -0.313 e. The predicted molar refractivity (Wildman–Crippen MR) is 72.9 cm³/mol. The maximum Gasteiger partial charge on any atom is 0.123 e. The molecule has 0 bridgehead atoms. The van der Waals surface area contributed by atoms with Crippen LogP contribution in [0.25, 0.3) is 0 Å². The molecule has 0 aromatic heterocycles. The van der Waals surface area contributed by atoms with Crippen LogP contribution < -0.4 is 5.32 Å². The van der Waals surface area contributed by atoms with Crippen molar-refractivity contribution >= 4 is 0 Å². The first-order chi connectivity index (χ1) is 8.74. The van der Waals surface area contributed by atoms with Crippen molar-refractivity contribution in [2.75, 3.05) is 26.7 Å². The van der Waals surface area contributed by atoms with Gasteiger partial charge in [-0.3, -0.25) is 0 Å². The molecule has 1 aliphatic rings. The third-order valence-electron chi connectivity index (χ3n) is 3.81. The molecule has 2 nitrogen and oxygen atoms in total. The molecular formula is C15H23FN2. The van der Waals surface area contributed by atoms with E-state index in [4.69, 9.17) is 0 Å². The van der Waals surface area contributed by atoms with Crippen LogP contribution in [-0.2, 0) is 6.54 Å². The summed E-state index contributed by atoms with van der Waals surface area (Å²) in [4.78, 5) is 2.41. The molecule has 1 aromatic carbocycles. The molecule has 1 aromatic rings. The van der Waals surface area contributed by atoms with Crippen LogP contribution in [0, 0.1) is 11.7 Å². The number of piperidine rings is 1. The van der Waals surface area contributed by atoms with Crippen molar-refractivity contribution in [2.45, 2.75) is 25.8 Å². The molecular weight excluding hydrogens is 227 g/mol. The van der Waals surface area contributed by atoms with Crippen molar-refractivity contribution in [3.05, 3.63) is 35.6 Å². The summed E-state index contributed by atoms with van der Waals surface area (Å²) in [5.74, 6) is 0.715. The summed E-state index contributed by atoms with van der Waals surface area (Å²) in [6.07, 6.45) is 3.92. The van der Waals surface area contributed by atoms with Gasteiger partial charge in [0.2, 0.25) is 0 Å². The van der Waals surface area contributed by atoms with Crippen LogP contribution in [0.1, 0.15) is 24.8 Å². The van der Waals surface area contributed by atoms with Crippen molar-refractivity contribution in [3.63, 3.8) is 0 Å². The number of nitrogens with zero attached hydrogens (tertiary/aromatic N) is 1. The van der Waals surface area contributed by atoms with Crippen LogP contribution in [0.15, 0.2) is 24.3 Å². The monoisotopic (exact) mass is 250 g/mol. The molecule has 0 spiro atoms. The van der Waals surface area contributed by atoms with E-state index in [2.05, 4.69) is 17.3 Å². The van der Waals surface area contributed by atoms with E-state index in [0.717, 1.165) is 24.6 Å². The molecule has 1 saturated heterocycles. The highest BCUT2D eigenvalue weighted by Gasteiger charge is 2.15. The van der Waals surface area contributed by atoms with Gasteiger partial charge in [0.15, 0.2) is 0 Å². The van der Waals surface area contributed by atoms with Gasteiger partial charge in [-0.2, -0.15) is 0 Å². The molecule has 1 N–H and O–H groups in total. The predicted octanol–water partition coefficient (Wildman–Crippen LogP) is 2.65. The number of hydrogen-bond acceptors (Lipinski definition) is 2. The summed E-state index contributed by atoms with van der Waals surface area (Å²) < 4.78 is 12.7. The summed E-state index contributed by atoms with van der Waals surface area (Å²) in [5.41, 5.74) is 1.15. The average Bonchev–Trinajstić information content (AvgIpc) is 2.39. The van der Waals surface area contributed by atoms with Gasteiger partial charge in [0, 0.05) is 6.54 Å². The maximum absolute atomic E-state index is 12.7. The molecule has 1 fully saturated rings. The van der Waals surface area contributed by atoms with Crippen LogP contribution in [0.2, 0.25) is 0 Å². The molecule has 0 saturated carbocycles. The van der Waals surface area contributed by atoms with E-state index in [0.29, 0.717) is 0 Å². The first-order valence-corrected chi connectivity index (χ1v) is 6.88. The van der Waals surface area contributed by atoms with Crippen molar-refractivity contribution in [1.82, 2.24) is 10.2 Å². The Kier molecular flexibility index (Phi) is 5.14. The zero-order valence-corrected chi connectivity index (χ0v) is 11.2. The lowest BCUT2D eigenvalue weighted by molar-refractivity contribution is 0.211. The summed E-state index contributed by atoms with van der Waals surface area (Å²) in [6, 6.07) is 6.73. The van der Waals surface area contributed by atoms with Crippen molar-refractivity contribution in [2.24, 2.45) is 5.92 Å². The summed E-state index contributed by atoms with van der Waals surface area (Å²) >= 11 is 0. The van der Waals surface area contributed by atoms with Crippen LogP contribution >= 0.6 is 0 Å². The Balaban J connectivity index is 1.60. The third kappa shape index (κ3) is 4.39. The Hall–Kier alpha value is -0.930. The number of nitrogens with one attached hydrogen (secondary N) is 1. The highest BCUT2D eigenvalue weighted by Crippen LogP contribution is 2.18. The largest absolute Gasteiger partial charge is 0.313 e. The second-order valence-corrected chi connectivity index (χ2v) is 5.34. The maximum atomic E-state index is 12.7. The van der Waals surface area contributed by atoms with Gasteiger partial charge in [-0.05, 0) is 69.6 Å². The fourth-order valence-corrected chi connectivity index (χ4v) is 2.49. The Morgan fingerprint density at radius 3 is 2.56 bits per heavy atom. The lowest BCUT2D eigenvalue weighted by atomic mass is 9.94. The van der Waals surface area contributed by atoms with Gasteiger partial charge in [-0.1, -0.05) is 12.1 Å². The molecule has 0 radical (unpaired) electrons. The summed E-state index contributed by atoms with van der Waals surface area (Å²) in [7, 11) is 2.20. The number of halogens is 1. The van der Waals surface area contributed by atoms with Crippen LogP contribution in [0.4, 0.5) is 4.39 Å². The minimum absolute atomic E-state index is 0.162. The van der Waals surface area contributed by atoms with E-state index in [9.17, 15) is 4.39 Å². The average molecular weight is 250 g/mol. The smallest absolute Gasteiger partial charge is 0.123 e. The van der Waals surface area contributed by atoms with E-state index in [-0.39, 0.29) is 5.82 Å². The van der Waals surface area contributed by atoms with E-state index in [1.807, 2.05) is 12.1 Å². The number of likely N-dealkylation sites (tertiary alicyclic amines) is 1. The molecule has 0 amide bonds. The first-order valence-electron chi connectivity index (χ1n) is 6.88. The minimum atomic E-state index is -0.162. The van der Waals surface area contributed by atoms with Crippen LogP contribution in [0.5, 0.6) is 0 Å². The molecule has 0 atom stereocenters. The zero-order chi connectivity index (χ0) is 12.8. The van der Waals surface area contributed by atoms with Crippen molar-refractivity contribution in [1.29, 1.82) is 0 Å². The molecule has 100 valence electrons. The zero-order valence-electron chi connectivity index (χ0n) is 11.2. The first kappa shape index (κ1) is 13.5. The Morgan fingerprint density at radius 1 is 1.22 bits per heavy atom. The lowest BCUT2D eigenvalue weighted by Crippen LogP contribution is -2.31. The molecule has 0 aliphatic carbocycles. The molecule has 1 aliphatic heterocycles. The second-order valence-electron chi connectivity index (χ2n) is 5.34. The normalized spacial score (nSPS) is 18.1. The highest BCUT2D eigenvalue weighted by atomic mass is 19.1. The van der Waals surface area contributed by atoms with Gasteiger partial charge in [0.25, 0.3) is 0 Å². The van der Waals surface area contributed by atoms with E-state index >= 15 is 0 Å². The quantitative estimate of drug-likeness (QED) is 0.808. The number of hydrogen-bond donors (Lipinski definition) is 1. The van der Waals surface area contributed by atoms with Gasteiger partial charge < -0.3 is 10.2 Å². The van der Waals surface area contributed by atoms with Gasteiger partial charge in [-0.25, -0.2) is 4.39 Å². The fourth-order valence-electron chi connectivity index (χ4n) is 2.49. The third-order valence-corrected chi connectivity index (χ3v) is 3.81. The second kappa shape index (κ2) is 6.86. The van der Waals surface area contributed by atoms with Gasteiger partial charge in [0.1, 0.15) is 5.82 Å². The molecule has 1 heterocycles. The summed E-state index contributed by atoms with van der Waals surface area (Å²) in [5, 5.41) is 3.44. The summed E-state index contributed by atoms with van der Waals surface area (Å²) in [6.45, 7) is 4.38. The standard InChI is InChI=1S/C15H23FN2/c1-18-10-7-13(8-11-18)6-9-17-12-14-2-4-15(16)5-3-14/h2-5,13,17H,6-12H2,1H3. The molecule has 18 heavy (non-hydrogen) atoms. The fraction of sp³-hybridized carbons (Fsp3) is 0.600. The van der Waals surface area contributed by atoms with E-state index in [1.165, 1.54) is 44.5 Å².